The molecule has 9 heteroatoms. The monoisotopic (exact) mass is 652 g/mol. The standard InChI is InChI=1S/C37H36N2O5S2/c1-46(42,43)39(25-27-12-4-2-5-13-27)30-17-10-16-29(24-30)33(40)26-38(37(41)28-14-6-3-7-15-28)22-23-44-34-20-11-19-32-31-18-8-9-21-35(31)45-36(32)34/h2-7,10-17,19-20,24H,8-9,18,21-23,25-26H2,1H3. The second kappa shape index (κ2) is 13.9. The second-order valence-corrected chi connectivity index (χ2v) is 14.5. The van der Waals surface area contributed by atoms with E-state index in [-0.39, 0.29) is 37.9 Å². The van der Waals surface area contributed by atoms with Gasteiger partial charge in [0, 0.05) is 16.0 Å². The van der Waals surface area contributed by atoms with Gasteiger partial charge in [0.15, 0.2) is 5.78 Å². The van der Waals surface area contributed by atoms with Crippen molar-refractivity contribution < 1.29 is 22.7 Å². The molecule has 6 rings (SSSR count). The average molecular weight is 653 g/mol. The van der Waals surface area contributed by atoms with E-state index >= 15 is 0 Å². The molecule has 0 spiro atoms. The average Bonchev–Trinajstić information content (AvgIpc) is 3.46. The van der Waals surface area contributed by atoms with Gasteiger partial charge in [-0.3, -0.25) is 13.9 Å². The normalized spacial score (nSPS) is 12.8. The number of rotatable bonds is 12. The number of benzene rings is 4. The van der Waals surface area contributed by atoms with Crippen LogP contribution in [0, 0.1) is 0 Å². The van der Waals surface area contributed by atoms with Crippen molar-refractivity contribution >= 4 is 48.8 Å². The number of ether oxygens (including phenoxy) is 1. The molecule has 1 aliphatic rings. The number of carbonyl (C=O) groups excluding carboxylic acids is 2. The van der Waals surface area contributed by atoms with E-state index in [0.717, 1.165) is 35.1 Å². The van der Waals surface area contributed by atoms with Crippen molar-refractivity contribution in [1.82, 2.24) is 4.90 Å². The molecule has 4 aromatic carbocycles. The van der Waals surface area contributed by atoms with E-state index in [0.29, 0.717) is 16.8 Å². The molecule has 46 heavy (non-hydrogen) atoms. The van der Waals surface area contributed by atoms with Gasteiger partial charge >= 0.3 is 0 Å². The summed E-state index contributed by atoms with van der Waals surface area (Å²) in [6, 6.07) is 30.9. The number of anilines is 1. The Morgan fingerprint density at radius 2 is 1.52 bits per heavy atom. The highest BCUT2D eigenvalue weighted by molar-refractivity contribution is 7.92. The molecular weight excluding hydrogens is 617 g/mol. The Balaban J connectivity index is 1.21. The molecule has 1 aliphatic carbocycles. The Labute approximate surface area is 274 Å². The smallest absolute Gasteiger partial charge is 0.254 e. The van der Waals surface area contributed by atoms with Crippen molar-refractivity contribution in [2.45, 2.75) is 32.2 Å². The molecule has 0 bridgehead atoms. The Bertz CT molecular complexity index is 1960. The van der Waals surface area contributed by atoms with Gasteiger partial charge in [0.1, 0.15) is 12.4 Å². The van der Waals surface area contributed by atoms with Crippen molar-refractivity contribution in [3.63, 3.8) is 0 Å². The lowest BCUT2D eigenvalue weighted by molar-refractivity contribution is 0.0686. The third-order valence-corrected chi connectivity index (χ3v) is 10.7. The van der Waals surface area contributed by atoms with E-state index < -0.39 is 10.0 Å². The number of hydrogen-bond acceptors (Lipinski definition) is 6. The van der Waals surface area contributed by atoms with Gasteiger partial charge in [-0.2, -0.15) is 0 Å². The summed E-state index contributed by atoms with van der Waals surface area (Å²) < 4.78 is 34.3. The predicted octanol–water partition coefficient (Wildman–Crippen LogP) is 7.15. The van der Waals surface area contributed by atoms with Gasteiger partial charge in [-0.05, 0) is 72.5 Å². The summed E-state index contributed by atoms with van der Waals surface area (Å²) >= 11 is 1.80. The number of thiophene rings is 1. The third-order valence-electron chi connectivity index (χ3n) is 8.23. The van der Waals surface area contributed by atoms with Crippen LogP contribution in [0.4, 0.5) is 5.69 Å². The summed E-state index contributed by atoms with van der Waals surface area (Å²) in [4.78, 5) is 30.3. The molecule has 7 nitrogen and oxygen atoms in total. The number of carbonyl (C=O) groups is 2. The minimum atomic E-state index is -3.64. The fourth-order valence-electron chi connectivity index (χ4n) is 5.90. The predicted molar refractivity (Wildman–Crippen MR) is 185 cm³/mol. The van der Waals surface area contributed by atoms with Crippen LogP contribution in [0.15, 0.2) is 103 Å². The summed E-state index contributed by atoms with van der Waals surface area (Å²) in [6.45, 7) is 0.361. The maximum Gasteiger partial charge on any atom is 0.254 e. The first-order valence-electron chi connectivity index (χ1n) is 15.4. The summed E-state index contributed by atoms with van der Waals surface area (Å²) in [5.74, 6) is 0.218. The van der Waals surface area contributed by atoms with Crippen molar-refractivity contribution in [3.05, 3.63) is 130 Å². The lowest BCUT2D eigenvalue weighted by Gasteiger charge is -2.24. The highest BCUT2D eigenvalue weighted by Gasteiger charge is 2.23. The highest BCUT2D eigenvalue weighted by atomic mass is 32.2. The minimum Gasteiger partial charge on any atom is -0.490 e. The third kappa shape index (κ3) is 7.16. The van der Waals surface area contributed by atoms with Gasteiger partial charge in [0.2, 0.25) is 10.0 Å². The van der Waals surface area contributed by atoms with Crippen LogP contribution in [0.1, 0.15) is 49.6 Å². The van der Waals surface area contributed by atoms with E-state index in [1.807, 2.05) is 48.5 Å². The number of ketones is 1. The van der Waals surface area contributed by atoms with E-state index in [1.165, 1.54) is 37.9 Å². The van der Waals surface area contributed by atoms with Crippen molar-refractivity contribution in [2.24, 2.45) is 0 Å². The Hall–Kier alpha value is -4.47. The summed E-state index contributed by atoms with van der Waals surface area (Å²) in [5, 5.41) is 1.25. The van der Waals surface area contributed by atoms with Crippen molar-refractivity contribution in [3.8, 4) is 5.75 Å². The molecule has 0 saturated carbocycles. The largest absolute Gasteiger partial charge is 0.490 e. The topological polar surface area (TPSA) is 84.0 Å². The quantitative estimate of drug-likeness (QED) is 0.134. The van der Waals surface area contributed by atoms with Gasteiger partial charge in [0.25, 0.3) is 5.91 Å². The molecule has 236 valence electrons. The summed E-state index contributed by atoms with van der Waals surface area (Å²) in [5.41, 5.74) is 3.43. The molecular formula is C37H36N2O5S2. The lowest BCUT2D eigenvalue weighted by Crippen LogP contribution is -2.38. The molecule has 0 saturated heterocycles. The van der Waals surface area contributed by atoms with Crippen LogP contribution >= 0.6 is 11.3 Å². The molecule has 5 aromatic rings. The van der Waals surface area contributed by atoms with Crippen LogP contribution in [0.3, 0.4) is 0 Å². The number of amides is 1. The summed E-state index contributed by atoms with van der Waals surface area (Å²) in [6.07, 6.45) is 5.76. The SMILES string of the molecule is CS(=O)(=O)N(Cc1ccccc1)c1cccc(C(=O)CN(CCOc2cccc3c4c(sc23)CCCC4)C(=O)c2ccccc2)c1. The van der Waals surface area contributed by atoms with E-state index in [2.05, 4.69) is 6.07 Å². The lowest BCUT2D eigenvalue weighted by atomic mass is 9.96. The van der Waals surface area contributed by atoms with Crippen LogP contribution in [0.5, 0.6) is 5.75 Å². The number of aryl methyl sites for hydroxylation is 2. The van der Waals surface area contributed by atoms with E-state index in [9.17, 15) is 18.0 Å². The second-order valence-electron chi connectivity index (χ2n) is 11.5. The molecule has 0 aliphatic heterocycles. The molecule has 1 aromatic heterocycles. The molecule has 0 fully saturated rings. The summed E-state index contributed by atoms with van der Waals surface area (Å²) in [7, 11) is -3.64. The Morgan fingerprint density at radius 3 is 2.28 bits per heavy atom. The Kier molecular flexibility index (Phi) is 9.51. The maximum atomic E-state index is 13.7. The van der Waals surface area contributed by atoms with E-state index in [4.69, 9.17) is 4.74 Å². The van der Waals surface area contributed by atoms with Gasteiger partial charge < -0.3 is 9.64 Å². The number of nitrogens with zero attached hydrogens (tertiary/aromatic N) is 2. The molecule has 1 heterocycles. The van der Waals surface area contributed by atoms with Crippen molar-refractivity contribution in [2.75, 3.05) is 30.3 Å². The van der Waals surface area contributed by atoms with Crippen molar-refractivity contribution in [1.29, 1.82) is 0 Å². The minimum absolute atomic E-state index is 0.132. The zero-order valence-corrected chi connectivity index (χ0v) is 27.4. The number of fused-ring (bicyclic) bond motifs is 3. The van der Waals surface area contributed by atoms with Crippen LogP contribution in [-0.4, -0.2) is 51.0 Å². The molecule has 0 N–H and O–H groups in total. The van der Waals surface area contributed by atoms with Gasteiger partial charge in [-0.25, -0.2) is 8.42 Å². The number of sulfonamides is 1. The van der Waals surface area contributed by atoms with Crippen LogP contribution in [0.25, 0.3) is 10.1 Å². The zero-order chi connectivity index (χ0) is 32.1. The molecule has 1 amide bonds. The van der Waals surface area contributed by atoms with Crippen LogP contribution in [0.2, 0.25) is 0 Å². The van der Waals surface area contributed by atoms with Gasteiger partial charge in [-0.1, -0.05) is 72.8 Å². The fraction of sp³-hybridized carbons (Fsp3) is 0.243. The van der Waals surface area contributed by atoms with Crippen LogP contribution < -0.4 is 9.04 Å². The molecule has 0 radical (unpaired) electrons. The van der Waals surface area contributed by atoms with Crippen LogP contribution in [-0.2, 0) is 29.4 Å². The number of hydrogen-bond donors (Lipinski definition) is 0. The zero-order valence-electron chi connectivity index (χ0n) is 25.7. The molecule has 0 unspecified atom stereocenters. The Morgan fingerprint density at radius 1 is 0.826 bits per heavy atom. The number of Topliss-reactive ketones (excluding diaryl/α,β-unsaturated/α-hetero) is 1. The van der Waals surface area contributed by atoms with E-state index in [1.54, 1.807) is 59.9 Å². The first kappa shape index (κ1) is 31.5. The first-order chi connectivity index (χ1) is 22.3. The highest BCUT2D eigenvalue weighted by Crippen LogP contribution is 2.40. The first-order valence-corrected chi connectivity index (χ1v) is 18.1. The van der Waals surface area contributed by atoms with Gasteiger partial charge in [-0.15, -0.1) is 11.3 Å². The maximum absolute atomic E-state index is 13.7. The van der Waals surface area contributed by atoms with Gasteiger partial charge in [0.05, 0.1) is 36.3 Å². The fourth-order valence-corrected chi connectivity index (χ4v) is 8.14. The molecule has 0 atom stereocenters.